The van der Waals surface area contributed by atoms with Gasteiger partial charge in [0, 0.05) is 11.1 Å². The number of ether oxygens (including phenoxy) is 2. The van der Waals surface area contributed by atoms with E-state index in [9.17, 15) is 14.7 Å². The van der Waals surface area contributed by atoms with E-state index in [1.807, 2.05) is 0 Å². The van der Waals surface area contributed by atoms with Crippen LogP contribution in [-0.2, 0) is 9.53 Å². The molecule has 0 amide bonds. The van der Waals surface area contributed by atoms with Gasteiger partial charge in [0.05, 0.1) is 13.4 Å². The van der Waals surface area contributed by atoms with Crippen LogP contribution in [0.4, 0.5) is 0 Å². The molecule has 0 fully saturated rings. The van der Waals surface area contributed by atoms with Crippen molar-refractivity contribution in [2.24, 2.45) is 0 Å². The van der Waals surface area contributed by atoms with Crippen molar-refractivity contribution in [2.45, 2.75) is 0 Å². The Kier molecular flexibility index (Phi) is 4.93. The smallest absolute Gasteiger partial charge is 0.339 e. The molecule has 112 valence electrons. The van der Waals surface area contributed by atoms with Crippen molar-refractivity contribution in [3.8, 4) is 11.5 Å². The van der Waals surface area contributed by atoms with E-state index in [4.69, 9.17) is 9.47 Å². The van der Waals surface area contributed by atoms with E-state index in [-0.39, 0.29) is 5.57 Å². The van der Waals surface area contributed by atoms with Gasteiger partial charge in [-0.05, 0) is 18.2 Å². The molecule has 5 nitrogen and oxygen atoms in total. The molecule has 1 N–H and O–H groups in total. The molecule has 0 bridgehead atoms. The predicted octanol–water partition coefficient (Wildman–Crippen LogP) is 3.36. The van der Waals surface area contributed by atoms with Gasteiger partial charge >= 0.3 is 5.97 Å². The molecular weight excluding hydrogens is 284 g/mol. The zero-order valence-electron chi connectivity index (χ0n) is 11.9. The van der Waals surface area contributed by atoms with Gasteiger partial charge in [-0.15, -0.1) is 0 Å². The molecule has 0 aliphatic heterocycles. The van der Waals surface area contributed by atoms with Gasteiger partial charge in [0.25, 0.3) is 0 Å². The summed E-state index contributed by atoms with van der Waals surface area (Å²) in [6, 6.07) is 13.3. The van der Waals surface area contributed by atoms with Crippen LogP contribution in [0.3, 0.4) is 0 Å². The number of hydrogen-bond donors (Lipinski definition) is 1. The number of rotatable bonds is 6. The van der Waals surface area contributed by atoms with E-state index < -0.39 is 5.97 Å². The van der Waals surface area contributed by atoms with Crippen molar-refractivity contribution < 1.29 is 24.2 Å². The van der Waals surface area contributed by atoms with Crippen LogP contribution >= 0.6 is 0 Å². The Balaban J connectivity index is 2.41. The number of aliphatic carboxylic acids is 1. The molecule has 0 atom stereocenters. The zero-order valence-corrected chi connectivity index (χ0v) is 11.9. The summed E-state index contributed by atoms with van der Waals surface area (Å²) in [5.74, 6) is -0.324. The number of carboxylic acids is 1. The maximum atomic E-state index is 11.3. The van der Waals surface area contributed by atoms with Crippen molar-refractivity contribution in [3.63, 3.8) is 0 Å². The molecule has 0 aromatic heterocycles. The van der Waals surface area contributed by atoms with Gasteiger partial charge in [-0.3, -0.25) is 4.79 Å². The second kappa shape index (κ2) is 7.08. The van der Waals surface area contributed by atoms with Gasteiger partial charge in [0.15, 0.2) is 0 Å². The van der Waals surface area contributed by atoms with E-state index in [1.54, 1.807) is 48.5 Å². The van der Waals surface area contributed by atoms with Crippen LogP contribution in [-0.4, -0.2) is 24.5 Å². The number of para-hydroxylation sites is 1. The highest BCUT2D eigenvalue weighted by molar-refractivity contribution is 6.15. The lowest BCUT2D eigenvalue weighted by atomic mass is 10.1. The Bertz CT molecular complexity index is 718. The Morgan fingerprint density at radius 1 is 1.14 bits per heavy atom. The predicted molar refractivity (Wildman–Crippen MR) is 81.0 cm³/mol. The number of benzene rings is 2. The molecule has 0 aliphatic carbocycles. The molecule has 0 heterocycles. The topological polar surface area (TPSA) is 72.8 Å². The van der Waals surface area contributed by atoms with Gasteiger partial charge in [0.1, 0.15) is 23.4 Å². The third-order valence-electron chi connectivity index (χ3n) is 2.87. The van der Waals surface area contributed by atoms with Crippen LogP contribution in [0.25, 0.3) is 5.57 Å². The molecule has 22 heavy (non-hydrogen) atoms. The number of carbonyl (C=O) groups is 2. The third-order valence-corrected chi connectivity index (χ3v) is 2.87. The standard InChI is InChI=1S/C17H14O5/c1-21-11-15(17(19)20)14-7-2-3-8-16(14)22-13-6-4-5-12(9-13)10-18/h2-11H,1H3,(H,19,20). The third kappa shape index (κ3) is 3.52. The first-order valence-electron chi connectivity index (χ1n) is 6.44. The summed E-state index contributed by atoms with van der Waals surface area (Å²) in [7, 11) is 1.37. The molecule has 0 aliphatic rings. The van der Waals surface area contributed by atoms with Crippen molar-refractivity contribution >= 4 is 17.8 Å². The molecule has 2 aromatic rings. The highest BCUT2D eigenvalue weighted by atomic mass is 16.5. The second-order valence-electron chi connectivity index (χ2n) is 4.36. The van der Waals surface area contributed by atoms with E-state index in [0.717, 1.165) is 6.26 Å². The number of aldehydes is 1. The average Bonchev–Trinajstić information content (AvgIpc) is 2.53. The Morgan fingerprint density at radius 3 is 2.59 bits per heavy atom. The Hall–Kier alpha value is -3.08. The van der Waals surface area contributed by atoms with Crippen molar-refractivity contribution in [1.29, 1.82) is 0 Å². The molecule has 2 rings (SSSR count). The molecule has 0 unspecified atom stereocenters. The van der Waals surface area contributed by atoms with Crippen molar-refractivity contribution in [1.82, 2.24) is 0 Å². The lowest BCUT2D eigenvalue weighted by molar-refractivity contribution is -0.130. The van der Waals surface area contributed by atoms with Crippen molar-refractivity contribution in [2.75, 3.05) is 7.11 Å². The molecule has 2 aromatic carbocycles. The molecule has 0 spiro atoms. The van der Waals surface area contributed by atoms with E-state index in [1.165, 1.54) is 7.11 Å². The second-order valence-corrected chi connectivity index (χ2v) is 4.36. The fourth-order valence-corrected chi connectivity index (χ4v) is 1.90. The molecule has 0 radical (unpaired) electrons. The lowest BCUT2D eigenvalue weighted by Crippen LogP contribution is -2.02. The average molecular weight is 298 g/mol. The van der Waals surface area contributed by atoms with Crippen LogP contribution in [0.1, 0.15) is 15.9 Å². The van der Waals surface area contributed by atoms with Crippen molar-refractivity contribution in [3.05, 3.63) is 65.9 Å². The minimum Gasteiger partial charge on any atom is -0.503 e. The zero-order chi connectivity index (χ0) is 15.9. The SMILES string of the molecule is COC=C(C(=O)O)c1ccccc1Oc1cccc(C=O)c1. The van der Waals surface area contributed by atoms with Crippen LogP contribution in [0.5, 0.6) is 11.5 Å². The highest BCUT2D eigenvalue weighted by Gasteiger charge is 2.16. The van der Waals surface area contributed by atoms with Crippen LogP contribution < -0.4 is 4.74 Å². The minimum atomic E-state index is -1.13. The number of carboxylic acid groups (broad SMARTS) is 1. The molecule has 5 heteroatoms. The summed E-state index contributed by atoms with van der Waals surface area (Å²) >= 11 is 0. The van der Waals surface area contributed by atoms with E-state index >= 15 is 0 Å². The van der Waals surface area contributed by atoms with Gasteiger partial charge < -0.3 is 14.6 Å². The minimum absolute atomic E-state index is 0.0235. The van der Waals surface area contributed by atoms with Crippen LogP contribution in [0.15, 0.2) is 54.8 Å². The van der Waals surface area contributed by atoms with E-state index in [0.29, 0.717) is 28.9 Å². The number of carbonyl (C=O) groups excluding carboxylic acids is 1. The Morgan fingerprint density at radius 2 is 1.91 bits per heavy atom. The van der Waals surface area contributed by atoms with Gasteiger partial charge in [-0.25, -0.2) is 4.79 Å². The molecular formula is C17H14O5. The first-order valence-corrected chi connectivity index (χ1v) is 6.44. The maximum Gasteiger partial charge on any atom is 0.339 e. The Labute approximate surface area is 127 Å². The summed E-state index contributed by atoms with van der Waals surface area (Å²) in [6.07, 6.45) is 1.86. The summed E-state index contributed by atoms with van der Waals surface area (Å²) in [6.45, 7) is 0. The summed E-state index contributed by atoms with van der Waals surface area (Å²) in [5, 5.41) is 9.28. The van der Waals surface area contributed by atoms with E-state index in [2.05, 4.69) is 0 Å². The summed E-state index contributed by atoms with van der Waals surface area (Å²) < 4.78 is 10.5. The highest BCUT2D eigenvalue weighted by Crippen LogP contribution is 2.30. The summed E-state index contributed by atoms with van der Waals surface area (Å²) in [4.78, 5) is 22.1. The fraction of sp³-hybridized carbons (Fsp3) is 0.0588. The normalized spacial score (nSPS) is 10.9. The quantitative estimate of drug-likeness (QED) is 0.503. The van der Waals surface area contributed by atoms with Gasteiger partial charge in [0.2, 0.25) is 0 Å². The fourth-order valence-electron chi connectivity index (χ4n) is 1.90. The monoisotopic (exact) mass is 298 g/mol. The molecule has 0 saturated heterocycles. The first kappa shape index (κ1) is 15.3. The van der Waals surface area contributed by atoms with Crippen LogP contribution in [0, 0.1) is 0 Å². The number of hydrogen-bond acceptors (Lipinski definition) is 4. The lowest BCUT2D eigenvalue weighted by Gasteiger charge is -2.11. The summed E-state index contributed by atoms with van der Waals surface area (Å²) in [5.41, 5.74) is 0.832. The number of methoxy groups -OCH3 is 1. The first-order chi connectivity index (χ1) is 10.7. The maximum absolute atomic E-state index is 11.3. The molecule has 0 saturated carbocycles. The van der Waals surface area contributed by atoms with Gasteiger partial charge in [-0.2, -0.15) is 0 Å². The van der Waals surface area contributed by atoms with Gasteiger partial charge in [-0.1, -0.05) is 30.3 Å². The largest absolute Gasteiger partial charge is 0.503 e. The van der Waals surface area contributed by atoms with Crippen LogP contribution in [0.2, 0.25) is 0 Å².